The molecule has 1 aliphatic heterocycles. The molecule has 0 atom stereocenters. The van der Waals surface area contributed by atoms with Gasteiger partial charge in [0.1, 0.15) is 5.75 Å². The number of anilines is 1. The first-order valence-corrected chi connectivity index (χ1v) is 8.90. The van der Waals surface area contributed by atoms with E-state index in [0.717, 1.165) is 70.6 Å². The summed E-state index contributed by atoms with van der Waals surface area (Å²) in [4.78, 5) is 9.23. The highest BCUT2D eigenvalue weighted by atomic mass is 127. The first-order valence-electron chi connectivity index (χ1n) is 8.90. The standard InChI is InChI=1S/C18H30N4O2.HI/c1-3-19-18(20-10-7-15-24-4-2)22-13-11-21(12-14-22)16-8-5-6-9-17(16)23;/h5-6,8-9,23H,3-4,7,10-15H2,1-2H3,(H,19,20);1H. The molecular weight excluding hydrogens is 431 g/mol. The Balaban J connectivity index is 0.00000312. The highest BCUT2D eigenvalue weighted by Crippen LogP contribution is 2.27. The van der Waals surface area contributed by atoms with E-state index >= 15 is 0 Å². The molecule has 0 aromatic heterocycles. The molecule has 0 spiro atoms. The Morgan fingerprint density at radius 1 is 1.20 bits per heavy atom. The van der Waals surface area contributed by atoms with E-state index in [9.17, 15) is 5.11 Å². The molecule has 1 aromatic carbocycles. The van der Waals surface area contributed by atoms with Crippen molar-refractivity contribution in [1.82, 2.24) is 10.2 Å². The summed E-state index contributed by atoms with van der Waals surface area (Å²) >= 11 is 0. The zero-order valence-corrected chi connectivity index (χ0v) is 17.6. The average molecular weight is 462 g/mol. The number of hydrogen-bond acceptors (Lipinski definition) is 4. The lowest BCUT2D eigenvalue weighted by atomic mass is 10.2. The number of rotatable bonds is 7. The molecule has 2 rings (SSSR count). The molecule has 0 saturated carbocycles. The third kappa shape index (κ3) is 6.89. The fraction of sp³-hybridized carbons (Fsp3) is 0.611. The summed E-state index contributed by atoms with van der Waals surface area (Å²) in [6.45, 7) is 10.8. The molecule has 1 fully saturated rings. The summed E-state index contributed by atoms with van der Waals surface area (Å²) < 4.78 is 5.36. The fourth-order valence-corrected chi connectivity index (χ4v) is 2.81. The molecule has 0 unspecified atom stereocenters. The molecule has 25 heavy (non-hydrogen) atoms. The van der Waals surface area contributed by atoms with E-state index in [1.807, 2.05) is 25.1 Å². The minimum absolute atomic E-state index is 0. The maximum atomic E-state index is 10.0. The number of aromatic hydroxyl groups is 1. The van der Waals surface area contributed by atoms with Gasteiger partial charge in [0.15, 0.2) is 5.96 Å². The van der Waals surface area contributed by atoms with Gasteiger partial charge in [-0.05, 0) is 32.4 Å². The number of nitrogens with zero attached hydrogens (tertiary/aromatic N) is 3. The number of halogens is 1. The summed E-state index contributed by atoms with van der Waals surface area (Å²) in [7, 11) is 0. The van der Waals surface area contributed by atoms with Gasteiger partial charge in [0, 0.05) is 52.5 Å². The second-order valence-electron chi connectivity index (χ2n) is 5.75. The molecule has 2 N–H and O–H groups in total. The van der Waals surface area contributed by atoms with Crippen molar-refractivity contribution in [3.05, 3.63) is 24.3 Å². The number of hydrogen-bond donors (Lipinski definition) is 2. The molecule has 1 aliphatic rings. The number of aliphatic imine (C=N–C) groups is 1. The highest BCUT2D eigenvalue weighted by molar-refractivity contribution is 14.0. The molecular formula is C18H31IN4O2. The lowest BCUT2D eigenvalue weighted by Crippen LogP contribution is -2.52. The van der Waals surface area contributed by atoms with E-state index in [4.69, 9.17) is 9.73 Å². The molecule has 6 nitrogen and oxygen atoms in total. The molecule has 142 valence electrons. The quantitative estimate of drug-likeness (QED) is 0.282. The number of para-hydroxylation sites is 2. The van der Waals surface area contributed by atoms with Gasteiger partial charge in [-0.1, -0.05) is 12.1 Å². The lowest BCUT2D eigenvalue weighted by Gasteiger charge is -2.37. The second-order valence-corrected chi connectivity index (χ2v) is 5.75. The van der Waals surface area contributed by atoms with E-state index in [1.54, 1.807) is 6.07 Å². The predicted octanol–water partition coefficient (Wildman–Crippen LogP) is 2.52. The number of ether oxygens (including phenoxy) is 1. The minimum atomic E-state index is 0. The van der Waals surface area contributed by atoms with Crippen molar-refractivity contribution in [1.29, 1.82) is 0 Å². The Bertz CT molecular complexity index is 520. The van der Waals surface area contributed by atoms with Crippen LogP contribution in [0.4, 0.5) is 5.69 Å². The summed E-state index contributed by atoms with van der Waals surface area (Å²) in [5, 5.41) is 13.4. The fourth-order valence-electron chi connectivity index (χ4n) is 2.81. The van der Waals surface area contributed by atoms with Crippen LogP contribution in [0.2, 0.25) is 0 Å². The van der Waals surface area contributed by atoms with E-state index < -0.39 is 0 Å². The van der Waals surface area contributed by atoms with Gasteiger partial charge >= 0.3 is 0 Å². The third-order valence-corrected chi connectivity index (χ3v) is 4.05. The molecule has 0 aliphatic carbocycles. The van der Waals surface area contributed by atoms with Gasteiger partial charge in [-0.2, -0.15) is 0 Å². The van der Waals surface area contributed by atoms with Crippen LogP contribution in [0.15, 0.2) is 29.3 Å². The van der Waals surface area contributed by atoms with Gasteiger partial charge in [-0.3, -0.25) is 4.99 Å². The Labute approximate surface area is 168 Å². The van der Waals surface area contributed by atoms with Crippen molar-refractivity contribution in [2.45, 2.75) is 20.3 Å². The number of guanidine groups is 1. The van der Waals surface area contributed by atoms with Crippen LogP contribution < -0.4 is 10.2 Å². The van der Waals surface area contributed by atoms with Crippen molar-refractivity contribution in [2.75, 3.05) is 57.4 Å². The normalized spacial score (nSPS) is 15.0. The van der Waals surface area contributed by atoms with Crippen LogP contribution in [0.1, 0.15) is 20.3 Å². The van der Waals surface area contributed by atoms with Crippen LogP contribution in [-0.2, 0) is 4.74 Å². The average Bonchev–Trinajstić information content (AvgIpc) is 2.61. The van der Waals surface area contributed by atoms with Crippen molar-refractivity contribution in [2.24, 2.45) is 4.99 Å². The molecule has 0 radical (unpaired) electrons. The molecule has 1 saturated heterocycles. The largest absolute Gasteiger partial charge is 0.506 e. The Morgan fingerprint density at radius 3 is 2.56 bits per heavy atom. The van der Waals surface area contributed by atoms with Crippen LogP contribution >= 0.6 is 24.0 Å². The van der Waals surface area contributed by atoms with Crippen LogP contribution in [0.3, 0.4) is 0 Å². The monoisotopic (exact) mass is 462 g/mol. The molecule has 0 bridgehead atoms. The van der Waals surface area contributed by atoms with E-state index in [2.05, 4.69) is 22.0 Å². The second kappa shape index (κ2) is 12.2. The molecule has 1 heterocycles. The Morgan fingerprint density at radius 2 is 1.92 bits per heavy atom. The summed E-state index contributed by atoms with van der Waals surface area (Å²) in [5.74, 6) is 1.33. The van der Waals surface area contributed by atoms with Gasteiger partial charge in [0.2, 0.25) is 0 Å². The summed E-state index contributed by atoms with van der Waals surface area (Å²) in [6, 6.07) is 7.53. The lowest BCUT2D eigenvalue weighted by molar-refractivity contribution is 0.146. The minimum Gasteiger partial charge on any atom is -0.506 e. The number of phenolic OH excluding ortho intramolecular Hbond substituents is 1. The number of piperazine rings is 1. The van der Waals surface area contributed by atoms with Crippen LogP contribution in [0, 0.1) is 0 Å². The van der Waals surface area contributed by atoms with Crippen LogP contribution in [-0.4, -0.2) is 68.4 Å². The SMILES string of the molecule is CCNC(=NCCCOCC)N1CCN(c2ccccc2O)CC1.I. The first-order chi connectivity index (χ1) is 11.8. The van der Waals surface area contributed by atoms with Crippen molar-refractivity contribution < 1.29 is 9.84 Å². The summed E-state index contributed by atoms with van der Waals surface area (Å²) in [6.07, 6.45) is 0.945. The number of nitrogens with one attached hydrogen (secondary N) is 1. The van der Waals surface area contributed by atoms with Crippen molar-refractivity contribution in [3.8, 4) is 5.75 Å². The van der Waals surface area contributed by atoms with Crippen molar-refractivity contribution >= 4 is 35.6 Å². The van der Waals surface area contributed by atoms with Gasteiger partial charge in [-0.25, -0.2) is 0 Å². The highest BCUT2D eigenvalue weighted by Gasteiger charge is 2.21. The van der Waals surface area contributed by atoms with Gasteiger partial charge in [0.05, 0.1) is 5.69 Å². The zero-order chi connectivity index (χ0) is 17.2. The molecule has 0 amide bonds. The van der Waals surface area contributed by atoms with Gasteiger partial charge < -0.3 is 25.0 Å². The Hall–Kier alpha value is -1.22. The maximum absolute atomic E-state index is 10.0. The van der Waals surface area contributed by atoms with Gasteiger partial charge in [-0.15, -0.1) is 24.0 Å². The zero-order valence-electron chi connectivity index (χ0n) is 15.3. The van der Waals surface area contributed by atoms with E-state index in [0.29, 0.717) is 5.75 Å². The van der Waals surface area contributed by atoms with Gasteiger partial charge in [0.25, 0.3) is 0 Å². The van der Waals surface area contributed by atoms with Crippen molar-refractivity contribution in [3.63, 3.8) is 0 Å². The Kier molecular flexibility index (Phi) is 10.6. The first kappa shape index (κ1) is 21.8. The summed E-state index contributed by atoms with van der Waals surface area (Å²) in [5.41, 5.74) is 0.913. The molecule has 1 aromatic rings. The predicted molar refractivity (Wildman–Crippen MR) is 114 cm³/mol. The smallest absolute Gasteiger partial charge is 0.194 e. The van der Waals surface area contributed by atoms with Crippen LogP contribution in [0.5, 0.6) is 5.75 Å². The topological polar surface area (TPSA) is 60.3 Å². The number of benzene rings is 1. The molecule has 7 heteroatoms. The third-order valence-electron chi connectivity index (χ3n) is 4.05. The van der Waals surface area contributed by atoms with E-state index in [-0.39, 0.29) is 24.0 Å². The van der Waals surface area contributed by atoms with E-state index in [1.165, 1.54) is 0 Å². The maximum Gasteiger partial charge on any atom is 0.194 e. The van der Waals surface area contributed by atoms with Crippen LogP contribution in [0.25, 0.3) is 0 Å². The number of phenols is 1.